The Balaban J connectivity index is 1.28. The summed E-state index contributed by atoms with van der Waals surface area (Å²) in [6.07, 6.45) is -10.5. The van der Waals surface area contributed by atoms with Crippen molar-refractivity contribution in [1.82, 2.24) is 0 Å². The van der Waals surface area contributed by atoms with Crippen molar-refractivity contribution in [3.63, 3.8) is 0 Å². The molecule has 0 spiro atoms. The maximum atomic E-state index is 13.8. The molecule has 16 heteroatoms. The summed E-state index contributed by atoms with van der Waals surface area (Å²) >= 11 is 0. The third-order valence-corrected chi connectivity index (χ3v) is 10.9. The van der Waals surface area contributed by atoms with E-state index in [1.165, 1.54) is 0 Å². The smallest absolute Gasteiger partial charge is 0.438 e. The van der Waals surface area contributed by atoms with Crippen LogP contribution in [0.5, 0.6) is 0 Å². The molecular weight excluding hydrogens is 578 g/mol. The summed E-state index contributed by atoms with van der Waals surface area (Å²) in [5, 5.41) is 0. The number of carbonyl (C=O) groups is 3. The Labute approximate surface area is 224 Å². The van der Waals surface area contributed by atoms with Crippen LogP contribution in [0, 0.1) is 46.8 Å². The van der Waals surface area contributed by atoms with Gasteiger partial charge in [0.1, 0.15) is 18.0 Å². The molecular formula is C24H26F6O9S. The number of alkyl halides is 6. The first kappa shape index (κ1) is 28.0. The molecule has 0 aromatic carbocycles. The number of carbonyl (C=O) groups excluding carboxylic acids is 3. The van der Waals surface area contributed by atoms with Gasteiger partial charge in [-0.1, -0.05) is 0 Å². The summed E-state index contributed by atoms with van der Waals surface area (Å²) in [5.74, 6) is -11.0. The standard InChI is InChI=1S/C24H26F6O9S/c25-23(26,27)22(24(28,29)30,8-40(34,35)36)39-19(32)15-13-4-12-14(15)18(31)37-16(12)17(13)38-20(33)21-5-9-1-10(6-21)3-11(2-9)7-21/h9-17H,1-8H2,(H,34,35,36). The van der Waals surface area contributed by atoms with Gasteiger partial charge in [0.25, 0.3) is 10.1 Å². The van der Waals surface area contributed by atoms with Crippen LogP contribution in [0.2, 0.25) is 0 Å². The second-order valence-corrected chi connectivity index (χ2v) is 14.0. The minimum Gasteiger partial charge on any atom is -0.458 e. The van der Waals surface area contributed by atoms with Crippen LogP contribution in [0.15, 0.2) is 0 Å². The Hall–Kier alpha value is -2.10. The Kier molecular flexibility index (Phi) is 5.94. The van der Waals surface area contributed by atoms with Gasteiger partial charge in [-0.3, -0.25) is 18.9 Å². The molecule has 6 saturated carbocycles. The Morgan fingerprint density at radius 1 is 0.925 bits per heavy atom. The quantitative estimate of drug-likeness (QED) is 0.210. The Bertz CT molecular complexity index is 1190. The SMILES string of the molecule is O=C1OC2C3CC(C2OC(=O)C24CC5CC(CC(C5)C2)C4)C(C(=O)OC(CS(=O)(=O)O)(C(F)(F)F)C(F)(F)F)C13. The second-order valence-electron chi connectivity index (χ2n) is 12.6. The molecule has 0 amide bonds. The van der Waals surface area contributed by atoms with Crippen LogP contribution in [0.3, 0.4) is 0 Å². The van der Waals surface area contributed by atoms with Crippen LogP contribution in [0.25, 0.3) is 0 Å². The number of esters is 3. The van der Waals surface area contributed by atoms with E-state index in [2.05, 4.69) is 4.74 Å². The molecule has 0 aromatic heterocycles. The molecule has 0 aromatic rings. The first-order valence-corrected chi connectivity index (χ1v) is 14.7. The highest BCUT2D eigenvalue weighted by atomic mass is 32.2. The molecule has 1 aliphatic heterocycles. The van der Waals surface area contributed by atoms with Crippen molar-refractivity contribution < 1.29 is 67.9 Å². The van der Waals surface area contributed by atoms with Gasteiger partial charge >= 0.3 is 35.9 Å². The topological polar surface area (TPSA) is 133 Å². The number of halogens is 6. The average Bonchev–Trinajstić information content (AvgIpc) is 3.39. The number of rotatable bonds is 6. The predicted octanol–water partition coefficient (Wildman–Crippen LogP) is 3.22. The molecule has 6 bridgehead atoms. The van der Waals surface area contributed by atoms with E-state index in [0.717, 1.165) is 19.3 Å². The summed E-state index contributed by atoms with van der Waals surface area (Å²) in [4.78, 5) is 39.2. The monoisotopic (exact) mass is 604 g/mol. The van der Waals surface area contributed by atoms with Gasteiger partial charge in [-0.05, 0) is 62.7 Å². The zero-order chi connectivity index (χ0) is 29.2. The molecule has 40 heavy (non-hydrogen) atoms. The number of ether oxygens (including phenoxy) is 3. The van der Waals surface area contributed by atoms with Crippen LogP contribution in [0.1, 0.15) is 44.9 Å². The summed E-state index contributed by atoms with van der Waals surface area (Å²) in [7, 11) is -5.98. The molecule has 6 atom stereocenters. The van der Waals surface area contributed by atoms with Crippen LogP contribution >= 0.6 is 0 Å². The fraction of sp³-hybridized carbons (Fsp3) is 0.875. The van der Waals surface area contributed by atoms with Crippen LogP contribution in [-0.2, 0) is 38.7 Å². The minimum atomic E-state index is -6.50. The number of fused-ring (bicyclic) bond motifs is 1. The summed E-state index contributed by atoms with van der Waals surface area (Å²) in [6, 6.07) is 0. The number of hydrogen-bond acceptors (Lipinski definition) is 8. The van der Waals surface area contributed by atoms with Crippen molar-refractivity contribution in [2.45, 2.75) is 75.1 Å². The zero-order valence-electron chi connectivity index (χ0n) is 20.7. The van der Waals surface area contributed by atoms with Crippen LogP contribution in [-0.4, -0.2) is 66.8 Å². The Morgan fingerprint density at radius 2 is 1.45 bits per heavy atom. The first-order chi connectivity index (χ1) is 18.3. The predicted molar refractivity (Wildman–Crippen MR) is 116 cm³/mol. The van der Waals surface area contributed by atoms with Gasteiger partial charge in [0, 0.05) is 11.8 Å². The van der Waals surface area contributed by atoms with Crippen molar-refractivity contribution in [2.75, 3.05) is 5.75 Å². The lowest BCUT2D eigenvalue weighted by atomic mass is 9.49. The maximum Gasteiger partial charge on any atom is 0.438 e. The van der Waals surface area contributed by atoms with Gasteiger partial charge in [-0.2, -0.15) is 34.8 Å². The molecule has 1 N–H and O–H groups in total. The molecule has 7 aliphatic rings. The van der Waals surface area contributed by atoms with E-state index in [1.54, 1.807) is 0 Å². The molecule has 6 aliphatic carbocycles. The molecule has 0 radical (unpaired) electrons. The molecule has 7 fully saturated rings. The molecule has 1 heterocycles. The Morgan fingerprint density at radius 3 is 1.93 bits per heavy atom. The fourth-order valence-corrected chi connectivity index (χ4v) is 9.94. The minimum absolute atomic E-state index is 0.0526. The zero-order valence-corrected chi connectivity index (χ0v) is 21.6. The molecule has 6 unspecified atom stereocenters. The number of hydrogen-bond donors (Lipinski definition) is 1. The fourth-order valence-electron chi connectivity index (χ4n) is 9.04. The van der Waals surface area contributed by atoms with Gasteiger partial charge in [0.15, 0.2) is 0 Å². The lowest BCUT2D eigenvalue weighted by Gasteiger charge is -2.55. The van der Waals surface area contributed by atoms with Crippen molar-refractivity contribution in [1.29, 1.82) is 0 Å². The highest BCUT2D eigenvalue weighted by Gasteiger charge is 2.78. The third kappa shape index (κ3) is 4.05. The van der Waals surface area contributed by atoms with Gasteiger partial charge in [-0.15, -0.1) is 0 Å². The normalized spacial score (nSPS) is 41.8. The summed E-state index contributed by atoms with van der Waals surface area (Å²) in [5.41, 5.74) is -6.37. The lowest BCUT2D eigenvalue weighted by Crippen LogP contribution is -2.64. The van der Waals surface area contributed by atoms with E-state index in [-0.39, 0.29) is 6.42 Å². The van der Waals surface area contributed by atoms with Crippen molar-refractivity contribution in [3.8, 4) is 0 Å². The largest absolute Gasteiger partial charge is 0.458 e. The van der Waals surface area contributed by atoms with Crippen LogP contribution < -0.4 is 0 Å². The van der Waals surface area contributed by atoms with E-state index < -0.39 is 93.0 Å². The maximum absolute atomic E-state index is 13.8. The van der Waals surface area contributed by atoms with Crippen molar-refractivity contribution in [3.05, 3.63) is 0 Å². The van der Waals surface area contributed by atoms with Gasteiger partial charge in [-0.25, -0.2) is 0 Å². The molecule has 7 rings (SSSR count). The lowest BCUT2D eigenvalue weighted by molar-refractivity contribution is -0.362. The molecule has 224 valence electrons. The van der Waals surface area contributed by atoms with E-state index in [9.17, 15) is 49.1 Å². The summed E-state index contributed by atoms with van der Waals surface area (Å²) in [6.45, 7) is 0. The summed E-state index contributed by atoms with van der Waals surface area (Å²) < 4.78 is 129. The van der Waals surface area contributed by atoms with E-state index in [0.29, 0.717) is 37.0 Å². The molecule has 1 saturated heterocycles. The van der Waals surface area contributed by atoms with Crippen molar-refractivity contribution in [2.24, 2.45) is 46.8 Å². The van der Waals surface area contributed by atoms with Gasteiger partial charge in [0.2, 0.25) is 0 Å². The van der Waals surface area contributed by atoms with E-state index in [4.69, 9.17) is 14.0 Å². The van der Waals surface area contributed by atoms with Crippen molar-refractivity contribution >= 4 is 28.0 Å². The average molecular weight is 605 g/mol. The first-order valence-electron chi connectivity index (χ1n) is 13.1. The second kappa shape index (κ2) is 8.48. The highest BCUT2D eigenvalue weighted by Crippen LogP contribution is 2.63. The van der Waals surface area contributed by atoms with Gasteiger partial charge in [0.05, 0.1) is 17.3 Å². The molecule has 9 nitrogen and oxygen atoms in total. The highest BCUT2D eigenvalue weighted by molar-refractivity contribution is 7.85. The van der Waals surface area contributed by atoms with Gasteiger partial charge < -0.3 is 14.2 Å². The third-order valence-electron chi connectivity index (χ3n) is 10.1. The van der Waals surface area contributed by atoms with Crippen LogP contribution in [0.4, 0.5) is 26.3 Å². The van der Waals surface area contributed by atoms with E-state index in [1.807, 2.05) is 0 Å². The van der Waals surface area contributed by atoms with E-state index >= 15 is 0 Å².